The Kier molecular flexibility index (Phi) is 3.83. The molecule has 0 saturated carbocycles. The summed E-state index contributed by atoms with van der Waals surface area (Å²) < 4.78 is 28.7. The molecule has 0 aliphatic heterocycles. The molecular weight excluding hydrogens is 165 g/mol. The van der Waals surface area contributed by atoms with Crippen LogP contribution in [-0.2, 0) is 4.57 Å². The van der Waals surface area contributed by atoms with Gasteiger partial charge in [0.05, 0.1) is 6.33 Å². The van der Waals surface area contributed by atoms with Crippen molar-refractivity contribution in [1.29, 1.82) is 0 Å². The van der Waals surface area contributed by atoms with Crippen molar-refractivity contribution in [3.63, 3.8) is 0 Å². The Morgan fingerprint density at radius 2 is 2.10 bits per heavy atom. The maximum atomic E-state index is 10.1. The van der Waals surface area contributed by atoms with E-state index in [-0.39, 0.29) is 0 Å². The molecule has 1 rings (SSSR count). The minimum Gasteiger partial charge on any atom is -0.351 e. The number of imidazole rings is 1. The van der Waals surface area contributed by atoms with E-state index in [0.717, 1.165) is 0 Å². The number of hydrogen-bond donors (Lipinski definition) is 2. The molecule has 10 heavy (non-hydrogen) atoms. The van der Waals surface area contributed by atoms with E-state index in [2.05, 4.69) is 9.97 Å². The number of rotatable bonds is 0. The summed E-state index contributed by atoms with van der Waals surface area (Å²) >= 11 is 0. The highest BCUT2D eigenvalue weighted by molar-refractivity contribution is 7.46. The second kappa shape index (κ2) is 4.14. The van der Waals surface area contributed by atoms with Gasteiger partial charge in [-0.1, -0.05) is 0 Å². The molecule has 58 valence electrons. The van der Waals surface area contributed by atoms with E-state index in [4.69, 9.17) is 9.46 Å². The average molecular weight is 170 g/mol. The molecule has 0 unspecified atom stereocenters. The zero-order valence-corrected chi connectivity index (χ0v) is 5.63. The standard InChI is InChI=1S/C3H4N2.F2HO2P/c1-2-5-3-4-1;1-5(2,3)4/h1-3H,(H,4,5);(H,3,4). The van der Waals surface area contributed by atoms with Crippen LogP contribution < -0.4 is 0 Å². The van der Waals surface area contributed by atoms with Crippen molar-refractivity contribution >= 4 is 7.99 Å². The molecule has 1 heterocycles. The van der Waals surface area contributed by atoms with E-state index in [1.807, 2.05) is 0 Å². The van der Waals surface area contributed by atoms with Crippen LogP contribution in [0.2, 0.25) is 0 Å². The Hall–Kier alpha value is -0.740. The lowest BCUT2D eigenvalue weighted by Gasteiger charge is -1.73. The molecule has 0 aliphatic carbocycles. The van der Waals surface area contributed by atoms with Gasteiger partial charge in [0.25, 0.3) is 0 Å². The summed E-state index contributed by atoms with van der Waals surface area (Å²) in [5.41, 5.74) is 0. The number of nitrogens with zero attached hydrogens (tertiary/aromatic N) is 1. The Labute approximate surface area is 55.6 Å². The van der Waals surface area contributed by atoms with Crippen LogP contribution in [0.5, 0.6) is 0 Å². The van der Waals surface area contributed by atoms with Crippen molar-refractivity contribution in [2.75, 3.05) is 0 Å². The molecule has 4 nitrogen and oxygen atoms in total. The number of nitrogens with one attached hydrogen (secondary N) is 1. The lowest BCUT2D eigenvalue weighted by atomic mass is 11.0. The van der Waals surface area contributed by atoms with Crippen molar-refractivity contribution in [1.82, 2.24) is 9.97 Å². The van der Waals surface area contributed by atoms with Crippen molar-refractivity contribution in [2.24, 2.45) is 0 Å². The second-order valence-electron chi connectivity index (χ2n) is 1.20. The zero-order valence-electron chi connectivity index (χ0n) is 4.74. The smallest absolute Gasteiger partial charge is 0.351 e. The fourth-order valence-electron chi connectivity index (χ4n) is 0.215. The highest BCUT2D eigenvalue weighted by Gasteiger charge is 2.09. The van der Waals surface area contributed by atoms with Crippen molar-refractivity contribution < 1.29 is 17.9 Å². The fourth-order valence-corrected chi connectivity index (χ4v) is 0.215. The van der Waals surface area contributed by atoms with Crippen molar-refractivity contribution in [3.05, 3.63) is 18.7 Å². The van der Waals surface area contributed by atoms with Gasteiger partial charge in [0.2, 0.25) is 0 Å². The molecule has 1 aromatic heterocycles. The minimum absolute atomic E-state index is 1.62. The second-order valence-corrected chi connectivity index (χ2v) is 2.06. The summed E-state index contributed by atoms with van der Waals surface area (Å²) in [6, 6.07) is 0. The van der Waals surface area contributed by atoms with Gasteiger partial charge in [-0.15, -0.1) is 8.39 Å². The third kappa shape index (κ3) is 15.7. The van der Waals surface area contributed by atoms with Crippen LogP contribution in [0.3, 0.4) is 0 Å². The summed E-state index contributed by atoms with van der Waals surface area (Å²) in [5, 5.41) is 0. The van der Waals surface area contributed by atoms with E-state index in [9.17, 15) is 8.39 Å². The van der Waals surface area contributed by atoms with Crippen LogP contribution in [0, 0.1) is 0 Å². The van der Waals surface area contributed by atoms with Crippen LogP contribution in [-0.4, -0.2) is 14.9 Å². The van der Waals surface area contributed by atoms with Crippen LogP contribution in [0.4, 0.5) is 8.39 Å². The summed E-state index contributed by atoms with van der Waals surface area (Å²) in [6.07, 6.45) is 5.08. The predicted molar refractivity (Wildman–Crippen MR) is 30.6 cm³/mol. The number of H-pyrrole nitrogens is 1. The maximum absolute atomic E-state index is 10.1. The SMILES string of the molecule is O=P(O)(F)F.c1c[nH]cn1. The number of halogens is 2. The van der Waals surface area contributed by atoms with Gasteiger partial charge in [-0.25, -0.2) is 9.55 Å². The van der Waals surface area contributed by atoms with E-state index in [1.54, 1.807) is 18.7 Å². The number of aromatic amines is 1. The first-order valence-corrected chi connectivity index (χ1v) is 3.59. The van der Waals surface area contributed by atoms with E-state index in [1.165, 1.54) is 0 Å². The fraction of sp³-hybridized carbons (Fsp3) is 0. The Balaban J connectivity index is 0.000000162. The summed E-state index contributed by atoms with van der Waals surface area (Å²) in [4.78, 5) is 13.2. The normalized spacial score (nSPS) is 9.90. The van der Waals surface area contributed by atoms with Gasteiger partial charge >= 0.3 is 7.99 Å². The molecule has 0 aromatic carbocycles. The van der Waals surface area contributed by atoms with Crippen LogP contribution in [0.25, 0.3) is 0 Å². The third-order valence-corrected chi connectivity index (χ3v) is 0.406. The molecule has 1 aromatic rings. The van der Waals surface area contributed by atoms with E-state index < -0.39 is 7.99 Å². The molecule has 0 fully saturated rings. The summed E-state index contributed by atoms with van der Waals surface area (Å²) in [5.74, 6) is 0. The van der Waals surface area contributed by atoms with Gasteiger partial charge < -0.3 is 4.98 Å². The maximum Gasteiger partial charge on any atom is 0.549 e. The molecule has 2 N–H and O–H groups in total. The zero-order chi connectivity index (χ0) is 8.04. The molecule has 0 aliphatic rings. The topological polar surface area (TPSA) is 66.0 Å². The molecule has 7 heteroatoms. The molecule has 0 radical (unpaired) electrons. The minimum atomic E-state index is -5.64. The lowest BCUT2D eigenvalue weighted by molar-refractivity contribution is 0.376. The van der Waals surface area contributed by atoms with Crippen molar-refractivity contribution in [2.45, 2.75) is 0 Å². The Morgan fingerprint density at radius 1 is 1.60 bits per heavy atom. The van der Waals surface area contributed by atoms with E-state index >= 15 is 0 Å². The number of hydrogen-bond acceptors (Lipinski definition) is 2. The van der Waals surface area contributed by atoms with Gasteiger partial charge in [0.15, 0.2) is 0 Å². The summed E-state index contributed by atoms with van der Waals surface area (Å²) in [6.45, 7) is 0. The predicted octanol–water partition coefficient (Wildman–Crippen LogP) is 1.44. The van der Waals surface area contributed by atoms with Crippen LogP contribution in [0.1, 0.15) is 0 Å². The highest BCUT2D eigenvalue weighted by Crippen LogP contribution is 2.43. The van der Waals surface area contributed by atoms with E-state index in [0.29, 0.717) is 0 Å². The first-order chi connectivity index (χ1) is 4.50. The molecule has 0 bridgehead atoms. The first kappa shape index (κ1) is 9.26. The van der Waals surface area contributed by atoms with Crippen molar-refractivity contribution in [3.8, 4) is 0 Å². The highest BCUT2D eigenvalue weighted by atomic mass is 31.2. The monoisotopic (exact) mass is 170 g/mol. The molecular formula is C3H5F2N2O2P. The van der Waals surface area contributed by atoms with Gasteiger partial charge in [0.1, 0.15) is 0 Å². The Bertz CT molecular complexity index is 171. The molecule has 0 saturated heterocycles. The number of aromatic nitrogens is 2. The third-order valence-electron chi connectivity index (χ3n) is 0.406. The molecule has 0 amide bonds. The Morgan fingerprint density at radius 3 is 2.20 bits per heavy atom. The van der Waals surface area contributed by atoms with Crippen LogP contribution in [0.15, 0.2) is 18.7 Å². The largest absolute Gasteiger partial charge is 0.549 e. The molecule has 0 atom stereocenters. The van der Waals surface area contributed by atoms with Gasteiger partial charge in [-0.05, 0) is 0 Å². The molecule has 0 spiro atoms. The summed E-state index contributed by atoms with van der Waals surface area (Å²) in [7, 11) is -5.64. The van der Waals surface area contributed by atoms with Gasteiger partial charge in [0, 0.05) is 12.4 Å². The van der Waals surface area contributed by atoms with Crippen LogP contribution >= 0.6 is 7.99 Å². The first-order valence-electron chi connectivity index (χ1n) is 2.15. The average Bonchev–Trinajstić information content (AvgIpc) is 2.07. The van der Waals surface area contributed by atoms with Gasteiger partial charge in [-0.3, -0.25) is 4.89 Å². The quantitative estimate of drug-likeness (QED) is 0.579. The lowest BCUT2D eigenvalue weighted by Crippen LogP contribution is -1.45. The van der Waals surface area contributed by atoms with Gasteiger partial charge in [-0.2, -0.15) is 0 Å².